The van der Waals surface area contributed by atoms with Crippen LogP contribution in [0, 0.1) is 11.8 Å². The van der Waals surface area contributed by atoms with Crippen LogP contribution in [0.2, 0.25) is 0 Å². The monoisotopic (exact) mass is 354 g/mol. The molecule has 1 aromatic carbocycles. The summed E-state index contributed by atoms with van der Waals surface area (Å²) in [6.45, 7) is 5.68. The van der Waals surface area contributed by atoms with E-state index in [1.807, 2.05) is 12.1 Å². The molecule has 5 heteroatoms. The summed E-state index contributed by atoms with van der Waals surface area (Å²) in [6, 6.07) is 8.33. The third-order valence-electron chi connectivity index (χ3n) is 4.31. The average molecular weight is 355 g/mol. The Balaban J connectivity index is 0.00000288. The number of carbonyl (C=O) groups excluding carboxylic acids is 1. The highest BCUT2D eigenvalue weighted by Gasteiger charge is 2.24. The summed E-state index contributed by atoms with van der Waals surface area (Å²) in [6.07, 6.45) is 4.76. The molecular weight excluding hydrogens is 324 g/mol. The van der Waals surface area contributed by atoms with Gasteiger partial charge in [0.15, 0.2) is 0 Å². The van der Waals surface area contributed by atoms with E-state index in [-0.39, 0.29) is 30.3 Å². The average Bonchev–Trinajstić information content (AvgIpc) is 2.54. The molecule has 1 aliphatic carbocycles. The van der Waals surface area contributed by atoms with Crippen LogP contribution in [0.25, 0.3) is 0 Å². The van der Waals surface area contributed by atoms with E-state index < -0.39 is 0 Å². The summed E-state index contributed by atoms with van der Waals surface area (Å²) in [7, 11) is 0. The zero-order valence-electron chi connectivity index (χ0n) is 14.8. The van der Waals surface area contributed by atoms with Crippen molar-refractivity contribution in [2.45, 2.75) is 52.0 Å². The highest BCUT2D eigenvalue weighted by atomic mass is 35.5. The van der Waals surface area contributed by atoms with Crippen LogP contribution in [0.1, 0.15) is 45.1 Å². The minimum atomic E-state index is 0. The Morgan fingerprint density at radius 2 is 2.00 bits per heavy atom. The maximum absolute atomic E-state index is 12.2. The second-order valence-corrected chi connectivity index (χ2v) is 7.01. The molecular formula is C19H31ClN2O2. The van der Waals surface area contributed by atoms with E-state index >= 15 is 0 Å². The van der Waals surface area contributed by atoms with Crippen LogP contribution in [-0.2, 0) is 11.2 Å². The molecule has 0 aromatic heterocycles. The van der Waals surface area contributed by atoms with E-state index in [9.17, 15) is 4.79 Å². The summed E-state index contributed by atoms with van der Waals surface area (Å²) >= 11 is 0. The summed E-state index contributed by atoms with van der Waals surface area (Å²) in [4.78, 5) is 12.2. The predicted octanol–water partition coefficient (Wildman–Crippen LogP) is 3.32. The number of rotatable bonds is 7. The van der Waals surface area contributed by atoms with Crippen LogP contribution in [0.3, 0.4) is 0 Å². The summed E-state index contributed by atoms with van der Waals surface area (Å²) < 4.78 is 5.67. The number of amides is 1. The standard InChI is InChI=1S/C19H30N2O2.ClH/c1-14(2)13-23-18-8-6-15(7-9-18)10-11-21-19(22)16-4-3-5-17(20)12-16;/h6-9,14,16-17H,3-5,10-13,20H2,1-2H3,(H,21,22);1H. The van der Waals surface area contributed by atoms with Gasteiger partial charge >= 0.3 is 0 Å². The van der Waals surface area contributed by atoms with Crippen LogP contribution in [0.5, 0.6) is 5.75 Å². The zero-order chi connectivity index (χ0) is 16.7. The van der Waals surface area contributed by atoms with E-state index in [1.165, 1.54) is 5.56 Å². The van der Waals surface area contributed by atoms with Crippen molar-refractivity contribution < 1.29 is 9.53 Å². The van der Waals surface area contributed by atoms with Crippen molar-refractivity contribution in [2.75, 3.05) is 13.2 Å². The molecule has 0 radical (unpaired) electrons. The van der Waals surface area contributed by atoms with E-state index in [1.54, 1.807) is 0 Å². The molecule has 1 aliphatic rings. The zero-order valence-corrected chi connectivity index (χ0v) is 15.6. The maximum Gasteiger partial charge on any atom is 0.223 e. The van der Waals surface area contributed by atoms with Gasteiger partial charge in [0.25, 0.3) is 0 Å². The molecule has 0 bridgehead atoms. The van der Waals surface area contributed by atoms with Crippen molar-refractivity contribution in [3.05, 3.63) is 29.8 Å². The van der Waals surface area contributed by atoms with Gasteiger partial charge in [-0.2, -0.15) is 0 Å². The molecule has 2 rings (SSSR count). The molecule has 0 heterocycles. The van der Waals surface area contributed by atoms with Crippen molar-refractivity contribution in [3.8, 4) is 5.75 Å². The summed E-state index contributed by atoms with van der Waals surface area (Å²) in [5.41, 5.74) is 7.16. The lowest BCUT2D eigenvalue weighted by Gasteiger charge is -2.25. The minimum absolute atomic E-state index is 0. The van der Waals surface area contributed by atoms with Crippen molar-refractivity contribution >= 4 is 18.3 Å². The Bertz CT molecular complexity index is 491. The number of hydrogen-bond acceptors (Lipinski definition) is 3. The SMILES string of the molecule is CC(C)COc1ccc(CCNC(=O)C2CCCC(N)C2)cc1.Cl. The third-order valence-corrected chi connectivity index (χ3v) is 4.31. The lowest BCUT2D eigenvalue weighted by Crippen LogP contribution is -2.38. The summed E-state index contributed by atoms with van der Waals surface area (Å²) in [5, 5.41) is 3.05. The van der Waals surface area contributed by atoms with Gasteiger partial charge in [-0.05, 0) is 49.3 Å². The van der Waals surface area contributed by atoms with Gasteiger partial charge in [-0.3, -0.25) is 4.79 Å². The van der Waals surface area contributed by atoms with Crippen molar-refractivity contribution in [1.29, 1.82) is 0 Å². The molecule has 1 saturated carbocycles. The molecule has 0 spiro atoms. The van der Waals surface area contributed by atoms with Gasteiger partial charge < -0.3 is 15.8 Å². The molecule has 4 nitrogen and oxygen atoms in total. The fourth-order valence-corrected chi connectivity index (χ4v) is 2.96. The number of carbonyl (C=O) groups is 1. The second kappa shape index (κ2) is 10.6. The number of benzene rings is 1. The molecule has 2 atom stereocenters. The Morgan fingerprint density at radius 1 is 1.29 bits per heavy atom. The molecule has 3 N–H and O–H groups in total. The van der Waals surface area contributed by atoms with Crippen LogP contribution in [0.4, 0.5) is 0 Å². The first kappa shape index (κ1) is 20.8. The van der Waals surface area contributed by atoms with Gasteiger partial charge in [0.05, 0.1) is 6.61 Å². The van der Waals surface area contributed by atoms with Gasteiger partial charge in [0.2, 0.25) is 5.91 Å². The molecule has 0 saturated heterocycles. The van der Waals surface area contributed by atoms with Gasteiger partial charge in [0.1, 0.15) is 5.75 Å². The van der Waals surface area contributed by atoms with Crippen molar-refractivity contribution in [1.82, 2.24) is 5.32 Å². The minimum Gasteiger partial charge on any atom is -0.493 e. The Labute approximate surface area is 151 Å². The largest absolute Gasteiger partial charge is 0.493 e. The molecule has 2 unspecified atom stereocenters. The normalized spacial score (nSPS) is 20.3. The van der Waals surface area contributed by atoms with Crippen LogP contribution < -0.4 is 15.8 Å². The molecule has 1 fully saturated rings. The number of nitrogens with one attached hydrogen (secondary N) is 1. The molecule has 0 aliphatic heterocycles. The van der Waals surface area contributed by atoms with Gasteiger partial charge in [0, 0.05) is 18.5 Å². The van der Waals surface area contributed by atoms with Gasteiger partial charge in [-0.15, -0.1) is 12.4 Å². The molecule has 136 valence electrons. The predicted molar refractivity (Wildman–Crippen MR) is 101 cm³/mol. The fraction of sp³-hybridized carbons (Fsp3) is 0.632. The first-order valence-corrected chi connectivity index (χ1v) is 8.79. The first-order valence-electron chi connectivity index (χ1n) is 8.79. The lowest BCUT2D eigenvalue weighted by atomic mass is 9.85. The molecule has 1 aromatic rings. The first-order chi connectivity index (χ1) is 11.0. The van der Waals surface area contributed by atoms with Crippen LogP contribution in [0.15, 0.2) is 24.3 Å². The number of hydrogen-bond donors (Lipinski definition) is 2. The van der Waals surface area contributed by atoms with Crippen LogP contribution in [-0.4, -0.2) is 25.1 Å². The summed E-state index contributed by atoms with van der Waals surface area (Å²) in [5.74, 6) is 1.70. The molecule has 1 amide bonds. The van der Waals surface area contributed by atoms with Gasteiger partial charge in [-0.1, -0.05) is 32.4 Å². The van der Waals surface area contributed by atoms with E-state index in [2.05, 4.69) is 31.3 Å². The second-order valence-electron chi connectivity index (χ2n) is 7.01. The highest BCUT2D eigenvalue weighted by Crippen LogP contribution is 2.23. The fourth-order valence-electron chi connectivity index (χ4n) is 2.96. The maximum atomic E-state index is 12.2. The highest BCUT2D eigenvalue weighted by molar-refractivity contribution is 5.85. The van der Waals surface area contributed by atoms with E-state index in [4.69, 9.17) is 10.5 Å². The molecule has 24 heavy (non-hydrogen) atoms. The Morgan fingerprint density at radius 3 is 2.62 bits per heavy atom. The Kier molecular flexibility index (Phi) is 9.16. The smallest absolute Gasteiger partial charge is 0.223 e. The number of halogens is 1. The van der Waals surface area contributed by atoms with Crippen LogP contribution >= 0.6 is 12.4 Å². The Hall–Kier alpha value is -1.26. The number of ether oxygens (including phenoxy) is 1. The topological polar surface area (TPSA) is 64.3 Å². The van der Waals surface area contributed by atoms with Gasteiger partial charge in [-0.25, -0.2) is 0 Å². The van der Waals surface area contributed by atoms with Crippen molar-refractivity contribution in [2.24, 2.45) is 17.6 Å². The number of nitrogens with two attached hydrogens (primary N) is 1. The van der Waals surface area contributed by atoms with E-state index in [0.717, 1.165) is 44.5 Å². The third kappa shape index (κ3) is 7.10. The lowest BCUT2D eigenvalue weighted by molar-refractivity contribution is -0.126. The quantitative estimate of drug-likeness (QED) is 0.789. The van der Waals surface area contributed by atoms with E-state index in [0.29, 0.717) is 12.5 Å². The van der Waals surface area contributed by atoms with Crippen molar-refractivity contribution in [3.63, 3.8) is 0 Å².